The fraction of sp³-hybridized carbons (Fsp3) is 0.273. The Hall–Kier alpha value is -4.12. The zero-order valence-electron chi connectivity index (χ0n) is 22.6. The largest absolute Gasteiger partial charge is 0.494 e. The van der Waals surface area contributed by atoms with Crippen LogP contribution >= 0.6 is 0 Å². The number of aryl methyl sites for hydroxylation is 1. The van der Waals surface area contributed by atoms with Crippen LogP contribution in [-0.4, -0.2) is 27.2 Å². The number of benzene rings is 3. The molecule has 0 bridgehead atoms. The number of nitrogens with zero attached hydrogens (tertiary/aromatic N) is 2. The van der Waals surface area contributed by atoms with Crippen LogP contribution in [-0.2, 0) is 16.8 Å². The van der Waals surface area contributed by atoms with Crippen molar-refractivity contribution < 1.29 is 14.6 Å². The molecule has 0 fully saturated rings. The van der Waals surface area contributed by atoms with Crippen molar-refractivity contribution in [2.24, 2.45) is 0 Å². The monoisotopic (exact) mass is 508 g/mol. The summed E-state index contributed by atoms with van der Waals surface area (Å²) in [7, 11) is 0. The van der Waals surface area contributed by atoms with E-state index in [1.165, 1.54) is 5.56 Å². The first-order valence-corrected chi connectivity index (χ1v) is 13.1. The van der Waals surface area contributed by atoms with Crippen LogP contribution in [0.5, 0.6) is 5.75 Å². The second-order valence-electron chi connectivity index (χ2n) is 10.4. The van der Waals surface area contributed by atoms with Crippen LogP contribution in [0.25, 0.3) is 34.5 Å². The Morgan fingerprint density at radius 2 is 1.50 bits per heavy atom. The van der Waals surface area contributed by atoms with Gasteiger partial charge in [-0.05, 0) is 59.2 Å². The molecule has 0 amide bonds. The van der Waals surface area contributed by atoms with Crippen molar-refractivity contribution in [3.05, 3.63) is 95.9 Å². The number of aromatic nitrogens is 2. The minimum Gasteiger partial charge on any atom is -0.494 e. The Balaban J connectivity index is 1.41. The number of hydrogen-bond donors (Lipinski definition) is 1. The number of ether oxygens (including phenoxy) is 1. The van der Waals surface area contributed by atoms with Crippen molar-refractivity contribution in [1.29, 1.82) is 0 Å². The molecule has 0 atom stereocenters. The minimum absolute atomic E-state index is 0.117. The highest BCUT2D eigenvalue weighted by Crippen LogP contribution is 2.27. The van der Waals surface area contributed by atoms with Crippen LogP contribution < -0.4 is 4.74 Å². The van der Waals surface area contributed by atoms with Crippen LogP contribution in [0, 0.1) is 0 Å². The Bertz CT molecular complexity index is 1370. The minimum atomic E-state index is -0.801. The van der Waals surface area contributed by atoms with Gasteiger partial charge in [0.1, 0.15) is 11.6 Å². The highest BCUT2D eigenvalue weighted by molar-refractivity contribution is 5.72. The number of carboxylic acid groups (broad SMARTS) is 1. The molecule has 0 unspecified atom stereocenters. The molecule has 4 rings (SSSR count). The molecule has 5 heteroatoms. The summed E-state index contributed by atoms with van der Waals surface area (Å²) in [5, 5.41) is 8.72. The van der Waals surface area contributed by atoms with Gasteiger partial charge in [0.2, 0.25) is 0 Å². The summed E-state index contributed by atoms with van der Waals surface area (Å²) < 4.78 is 7.80. The third-order valence-corrected chi connectivity index (χ3v) is 6.52. The molecule has 0 saturated heterocycles. The molecule has 0 spiro atoms. The SMILES string of the molecule is CCn1cc(-c2ccc(C(C)(C)C)cc2)nc1/C=C/c1ccc(-c2ccc(OCCCC(=O)O)cc2)cc1. The summed E-state index contributed by atoms with van der Waals surface area (Å²) in [5.41, 5.74) is 6.88. The standard InChI is InChI=1S/C33H36N2O3/c1-5-35-23-30(27-13-17-28(18-14-27)33(2,3)4)34-31(35)21-10-24-8-11-25(12-9-24)26-15-19-29(20-16-26)38-22-6-7-32(36)37/h8-21,23H,5-7,22H2,1-4H3,(H,36,37)/b21-10+. The maximum Gasteiger partial charge on any atom is 0.303 e. The lowest BCUT2D eigenvalue weighted by Gasteiger charge is -2.18. The van der Waals surface area contributed by atoms with E-state index in [1.807, 2.05) is 24.3 Å². The molecule has 0 saturated carbocycles. The molecule has 38 heavy (non-hydrogen) atoms. The number of imidazole rings is 1. The molecule has 0 aliphatic rings. The molecular formula is C33H36N2O3. The molecule has 1 heterocycles. The third-order valence-electron chi connectivity index (χ3n) is 6.52. The zero-order chi connectivity index (χ0) is 27.1. The van der Waals surface area contributed by atoms with Crippen molar-refractivity contribution >= 4 is 18.1 Å². The number of hydrogen-bond acceptors (Lipinski definition) is 3. The topological polar surface area (TPSA) is 64.4 Å². The average Bonchev–Trinajstić information content (AvgIpc) is 3.33. The van der Waals surface area contributed by atoms with Gasteiger partial charge in [-0.1, -0.05) is 87.5 Å². The molecule has 0 aliphatic heterocycles. The molecule has 196 valence electrons. The first kappa shape index (κ1) is 26.9. The second kappa shape index (κ2) is 12.0. The fourth-order valence-electron chi connectivity index (χ4n) is 4.21. The number of aliphatic carboxylic acids is 1. The van der Waals surface area contributed by atoms with E-state index in [1.54, 1.807) is 0 Å². The summed E-state index contributed by atoms with van der Waals surface area (Å²) in [6, 6.07) is 25.0. The summed E-state index contributed by atoms with van der Waals surface area (Å²) in [6.45, 7) is 10.1. The first-order valence-electron chi connectivity index (χ1n) is 13.1. The van der Waals surface area contributed by atoms with Gasteiger partial charge in [0.15, 0.2) is 0 Å². The van der Waals surface area contributed by atoms with Gasteiger partial charge < -0.3 is 14.4 Å². The van der Waals surface area contributed by atoms with E-state index in [4.69, 9.17) is 14.8 Å². The van der Waals surface area contributed by atoms with Gasteiger partial charge in [0, 0.05) is 24.7 Å². The average molecular weight is 509 g/mol. The first-order chi connectivity index (χ1) is 18.2. The van der Waals surface area contributed by atoms with Crippen LogP contribution in [0.3, 0.4) is 0 Å². The smallest absolute Gasteiger partial charge is 0.303 e. The van der Waals surface area contributed by atoms with Crippen molar-refractivity contribution in [3.8, 4) is 28.1 Å². The Kier molecular flexibility index (Phi) is 8.47. The quantitative estimate of drug-likeness (QED) is 0.221. The van der Waals surface area contributed by atoms with Crippen molar-refractivity contribution in [1.82, 2.24) is 9.55 Å². The normalized spacial score (nSPS) is 11.7. The lowest BCUT2D eigenvalue weighted by molar-refractivity contribution is -0.137. The summed E-state index contributed by atoms with van der Waals surface area (Å²) in [6.07, 6.45) is 6.90. The lowest BCUT2D eigenvalue weighted by atomic mass is 9.86. The molecule has 5 nitrogen and oxygen atoms in total. The maximum absolute atomic E-state index is 10.6. The maximum atomic E-state index is 10.6. The Labute approximate surface area is 225 Å². The van der Waals surface area contributed by atoms with Crippen LogP contribution in [0.2, 0.25) is 0 Å². The van der Waals surface area contributed by atoms with Gasteiger partial charge in [0.05, 0.1) is 12.3 Å². The molecule has 1 N–H and O–H groups in total. The van der Waals surface area contributed by atoms with E-state index in [9.17, 15) is 4.79 Å². The zero-order valence-corrected chi connectivity index (χ0v) is 22.6. The van der Waals surface area contributed by atoms with Gasteiger partial charge in [0.25, 0.3) is 0 Å². The molecule has 1 aromatic heterocycles. The van der Waals surface area contributed by atoms with Crippen molar-refractivity contribution in [2.45, 2.75) is 52.5 Å². The van der Waals surface area contributed by atoms with Gasteiger partial charge >= 0.3 is 5.97 Å². The van der Waals surface area contributed by atoms with E-state index in [0.29, 0.717) is 13.0 Å². The lowest BCUT2D eigenvalue weighted by Crippen LogP contribution is -2.10. The van der Waals surface area contributed by atoms with Crippen molar-refractivity contribution in [2.75, 3.05) is 6.61 Å². The molecular weight excluding hydrogens is 472 g/mol. The van der Waals surface area contributed by atoms with Crippen molar-refractivity contribution in [3.63, 3.8) is 0 Å². The molecule has 3 aromatic carbocycles. The fourth-order valence-corrected chi connectivity index (χ4v) is 4.21. The second-order valence-corrected chi connectivity index (χ2v) is 10.4. The Morgan fingerprint density at radius 1 is 0.895 bits per heavy atom. The third kappa shape index (κ3) is 7.00. The summed E-state index contributed by atoms with van der Waals surface area (Å²) in [5.74, 6) is 0.879. The van der Waals surface area contributed by atoms with Gasteiger partial charge in [-0.3, -0.25) is 4.79 Å². The highest BCUT2D eigenvalue weighted by Gasteiger charge is 2.14. The van der Waals surface area contributed by atoms with Crippen LogP contribution in [0.1, 0.15) is 57.5 Å². The summed E-state index contributed by atoms with van der Waals surface area (Å²) >= 11 is 0. The van der Waals surface area contributed by atoms with E-state index in [-0.39, 0.29) is 11.8 Å². The summed E-state index contributed by atoms with van der Waals surface area (Å²) in [4.78, 5) is 15.5. The van der Waals surface area contributed by atoms with Gasteiger partial charge in [-0.2, -0.15) is 0 Å². The van der Waals surface area contributed by atoms with Gasteiger partial charge in [-0.25, -0.2) is 4.98 Å². The number of carboxylic acids is 1. The van der Waals surface area contributed by atoms with E-state index in [2.05, 4.69) is 99.1 Å². The molecule has 0 radical (unpaired) electrons. The number of rotatable bonds is 10. The predicted octanol–water partition coefficient (Wildman–Crippen LogP) is 7.95. The molecule has 0 aliphatic carbocycles. The van der Waals surface area contributed by atoms with Crippen LogP contribution in [0.15, 0.2) is 79.0 Å². The van der Waals surface area contributed by atoms with Gasteiger partial charge in [-0.15, -0.1) is 0 Å². The van der Waals surface area contributed by atoms with Crippen LogP contribution in [0.4, 0.5) is 0 Å². The number of carbonyl (C=O) groups is 1. The van der Waals surface area contributed by atoms with E-state index < -0.39 is 5.97 Å². The highest BCUT2D eigenvalue weighted by atomic mass is 16.5. The predicted molar refractivity (Wildman–Crippen MR) is 155 cm³/mol. The molecule has 4 aromatic rings. The van der Waals surface area contributed by atoms with E-state index in [0.717, 1.165) is 46.1 Å². The van der Waals surface area contributed by atoms with E-state index >= 15 is 0 Å². The Morgan fingerprint density at radius 3 is 2.08 bits per heavy atom.